The molecular formula is C15H26N4. The third-order valence-corrected chi connectivity index (χ3v) is 2.97. The summed E-state index contributed by atoms with van der Waals surface area (Å²) in [5, 5.41) is 3.36. The Hall–Kier alpha value is -1.55. The Morgan fingerprint density at radius 1 is 1.26 bits per heavy atom. The van der Waals surface area contributed by atoms with E-state index in [9.17, 15) is 0 Å². The molecule has 1 aromatic carbocycles. The standard InChI is InChI=1S/C15H26N4/c1-4-12-17-14(19-16)18-15(2,3)11-10-13-8-6-5-7-9-13/h5-9H,4,10-12,16H2,1-3H3,(H2,17,18,19). The summed E-state index contributed by atoms with van der Waals surface area (Å²) < 4.78 is 0. The van der Waals surface area contributed by atoms with Crippen LogP contribution in [0.5, 0.6) is 0 Å². The van der Waals surface area contributed by atoms with Crippen LogP contribution in [0.3, 0.4) is 0 Å². The van der Waals surface area contributed by atoms with Crippen LogP contribution in [0.15, 0.2) is 35.3 Å². The van der Waals surface area contributed by atoms with Gasteiger partial charge in [-0.3, -0.25) is 10.4 Å². The number of hydrogen-bond donors (Lipinski definition) is 3. The van der Waals surface area contributed by atoms with E-state index in [0.29, 0.717) is 5.96 Å². The predicted molar refractivity (Wildman–Crippen MR) is 81.9 cm³/mol. The Morgan fingerprint density at radius 3 is 2.53 bits per heavy atom. The van der Waals surface area contributed by atoms with Crippen LogP contribution in [0, 0.1) is 0 Å². The molecule has 0 unspecified atom stereocenters. The van der Waals surface area contributed by atoms with Crippen LogP contribution >= 0.6 is 0 Å². The number of rotatable bonds is 6. The van der Waals surface area contributed by atoms with Gasteiger partial charge in [0.1, 0.15) is 0 Å². The van der Waals surface area contributed by atoms with Crippen molar-refractivity contribution < 1.29 is 0 Å². The third kappa shape index (κ3) is 6.25. The summed E-state index contributed by atoms with van der Waals surface area (Å²) in [6.45, 7) is 7.20. The van der Waals surface area contributed by atoms with Crippen LogP contribution in [0.4, 0.5) is 0 Å². The van der Waals surface area contributed by atoms with E-state index < -0.39 is 0 Å². The number of nitrogens with zero attached hydrogens (tertiary/aromatic N) is 1. The van der Waals surface area contributed by atoms with Gasteiger partial charge in [-0.2, -0.15) is 0 Å². The van der Waals surface area contributed by atoms with Crippen molar-refractivity contribution in [2.75, 3.05) is 6.54 Å². The number of nitrogens with one attached hydrogen (secondary N) is 2. The van der Waals surface area contributed by atoms with Gasteiger partial charge in [-0.1, -0.05) is 37.3 Å². The van der Waals surface area contributed by atoms with Gasteiger partial charge in [0.05, 0.1) is 0 Å². The third-order valence-electron chi connectivity index (χ3n) is 2.97. The summed E-state index contributed by atoms with van der Waals surface area (Å²) in [4.78, 5) is 4.37. The van der Waals surface area contributed by atoms with Crippen molar-refractivity contribution in [2.45, 2.75) is 45.6 Å². The zero-order valence-corrected chi connectivity index (χ0v) is 12.2. The number of aryl methyl sites for hydroxylation is 1. The van der Waals surface area contributed by atoms with E-state index in [1.807, 2.05) is 6.07 Å². The second-order valence-corrected chi connectivity index (χ2v) is 5.37. The Kier molecular flexibility index (Phi) is 6.36. The summed E-state index contributed by atoms with van der Waals surface area (Å²) in [5.41, 5.74) is 3.94. The number of hydrogen-bond acceptors (Lipinski definition) is 2. The SMILES string of the molecule is CCCN=C(NN)NC(C)(C)CCc1ccccc1. The van der Waals surface area contributed by atoms with Gasteiger partial charge in [0, 0.05) is 12.1 Å². The fourth-order valence-electron chi connectivity index (χ4n) is 1.83. The van der Waals surface area contributed by atoms with E-state index in [1.54, 1.807) is 0 Å². The predicted octanol–water partition coefficient (Wildman–Crippen LogP) is 2.22. The summed E-state index contributed by atoms with van der Waals surface area (Å²) in [5.74, 6) is 6.15. The van der Waals surface area contributed by atoms with Crippen molar-refractivity contribution in [2.24, 2.45) is 10.8 Å². The average Bonchev–Trinajstić information content (AvgIpc) is 2.42. The fraction of sp³-hybridized carbons (Fsp3) is 0.533. The first kappa shape index (κ1) is 15.5. The first-order valence-corrected chi connectivity index (χ1v) is 6.90. The van der Waals surface area contributed by atoms with Crippen molar-refractivity contribution >= 4 is 5.96 Å². The van der Waals surface area contributed by atoms with Gasteiger partial charge in [-0.05, 0) is 38.7 Å². The quantitative estimate of drug-likeness (QED) is 0.319. The van der Waals surface area contributed by atoms with E-state index in [2.05, 4.69) is 60.8 Å². The molecule has 0 heterocycles. The van der Waals surface area contributed by atoms with Crippen molar-refractivity contribution in [1.29, 1.82) is 0 Å². The summed E-state index contributed by atoms with van der Waals surface area (Å²) in [6, 6.07) is 10.5. The number of hydrazine groups is 1. The molecular weight excluding hydrogens is 236 g/mol. The molecule has 4 nitrogen and oxygen atoms in total. The molecule has 0 saturated carbocycles. The van der Waals surface area contributed by atoms with Crippen LogP contribution in [-0.4, -0.2) is 18.0 Å². The molecule has 4 heteroatoms. The smallest absolute Gasteiger partial charge is 0.206 e. The lowest BCUT2D eigenvalue weighted by molar-refractivity contribution is 0.419. The van der Waals surface area contributed by atoms with Crippen LogP contribution in [0.25, 0.3) is 0 Å². The number of benzene rings is 1. The summed E-state index contributed by atoms with van der Waals surface area (Å²) >= 11 is 0. The van der Waals surface area contributed by atoms with Crippen LogP contribution in [0.2, 0.25) is 0 Å². The molecule has 0 aromatic heterocycles. The molecule has 0 aliphatic rings. The molecule has 0 amide bonds. The van der Waals surface area contributed by atoms with E-state index in [1.165, 1.54) is 5.56 Å². The van der Waals surface area contributed by atoms with Gasteiger partial charge < -0.3 is 5.32 Å². The lowest BCUT2D eigenvalue weighted by Crippen LogP contribution is -2.51. The van der Waals surface area contributed by atoms with E-state index in [-0.39, 0.29) is 5.54 Å². The molecule has 0 aliphatic carbocycles. The summed E-state index contributed by atoms with van der Waals surface area (Å²) in [6.07, 6.45) is 3.06. The maximum absolute atomic E-state index is 5.48. The van der Waals surface area contributed by atoms with Gasteiger partial charge >= 0.3 is 0 Å². The molecule has 1 rings (SSSR count). The zero-order chi connectivity index (χ0) is 14.1. The van der Waals surface area contributed by atoms with Crippen molar-refractivity contribution in [3.63, 3.8) is 0 Å². The maximum atomic E-state index is 5.48. The van der Waals surface area contributed by atoms with Gasteiger partial charge in [-0.15, -0.1) is 0 Å². The molecule has 4 N–H and O–H groups in total. The molecule has 0 bridgehead atoms. The first-order valence-electron chi connectivity index (χ1n) is 6.90. The minimum absolute atomic E-state index is 0.0468. The van der Waals surface area contributed by atoms with Crippen molar-refractivity contribution in [1.82, 2.24) is 10.7 Å². The normalized spacial score (nSPS) is 12.3. The lowest BCUT2D eigenvalue weighted by Gasteiger charge is -2.28. The molecule has 1 aromatic rings. The monoisotopic (exact) mass is 262 g/mol. The van der Waals surface area contributed by atoms with E-state index in [4.69, 9.17) is 5.84 Å². The lowest BCUT2D eigenvalue weighted by atomic mass is 9.95. The molecule has 0 saturated heterocycles. The Labute approximate surface area is 116 Å². The second-order valence-electron chi connectivity index (χ2n) is 5.37. The first-order chi connectivity index (χ1) is 9.07. The van der Waals surface area contributed by atoms with E-state index in [0.717, 1.165) is 25.8 Å². The van der Waals surface area contributed by atoms with Gasteiger partial charge in [-0.25, -0.2) is 5.84 Å². The Bertz CT molecular complexity index is 384. The molecule has 0 radical (unpaired) electrons. The largest absolute Gasteiger partial charge is 0.350 e. The number of guanidine groups is 1. The maximum Gasteiger partial charge on any atom is 0.206 e. The topological polar surface area (TPSA) is 62.4 Å². The minimum atomic E-state index is -0.0468. The molecule has 19 heavy (non-hydrogen) atoms. The minimum Gasteiger partial charge on any atom is -0.350 e. The zero-order valence-electron chi connectivity index (χ0n) is 12.2. The fourth-order valence-corrected chi connectivity index (χ4v) is 1.83. The van der Waals surface area contributed by atoms with Crippen LogP contribution in [0.1, 0.15) is 39.2 Å². The molecule has 0 aliphatic heterocycles. The molecule has 0 atom stereocenters. The molecule has 106 valence electrons. The average molecular weight is 262 g/mol. The highest BCUT2D eigenvalue weighted by molar-refractivity contribution is 5.79. The Balaban J connectivity index is 2.50. The van der Waals surface area contributed by atoms with Crippen LogP contribution in [-0.2, 0) is 6.42 Å². The Morgan fingerprint density at radius 2 is 1.95 bits per heavy atom. The molecule has 0 fully saturated rings. The van der Waals surface area contributed by atoms with Gasteiger partial charge in [0.25, 0.3) is 0 Å². The highest BCUT2D eigenvalue weighted by atomic mass is 15.3. The van der Waals surface area contributed by atoms with Gasteiger partial charge in [0.15, 0.2) is 0 Å². The van der Waals surface area contributed by atoms with Crippen molar-refractivity contribution in [3.8, 4) is 0 Å². The highest BCUT2D eigenvalue weighted by Gasteiger charge is 2.18. The van der Waals surface area contributed by atoms with E-state index >= 15 is 0 Å². The summed E-state index contributed by atoms with van der Waals surface area (Å²) in [7, 11) is 0. The van der Waals surface area contributed by atoms with Gasteiger partial charge in [0.2, 0.25) is 5.96 Å². The van der Waals surface area contributed by atoms with Crippen molar-refractivity contribution in [3.05, 3.63) is 35.9 Å². The number of aliphatic imine (C=N–C) groups is 1. The second kappa shape index (κ2) is 7.79. The number of nitrogens with two attached hydrogens (primary N) is 1. The molecule has 0 spiro atoms. The highest BCUT2D eigenvalue weighted by Crippen LogP contribution is 2.13. The van der Waals surface area contributed by atoms with Crippen LogP contribution < -0.4 is 16.6 Å².